The van der Waals surface area contributed by atoms with Gasteiger partial charge in [-0.05, 0) is 54.3 Å². The van der Waals surface area contributed by atoms with Crippen LogP contribution in [0.15, 0.2) is 95.7 Å². The summed E-state index contributed by atoms with van der Waals surface area (Å²) in [5, 5.41) is 18.7. The van der Waals surface area contributed by atoms with Gasteiger partial charge in [-0.3, -0.25) is 4.57 Å². The molecule has 0 saturated carbocycles. The van der Waals surface area contributed by atoms with E-state index in [1.807, 2.05) is 35.1 Å². The van der Waals surface area contributed by atoms with E-state index in [9.17, 15) is 23.2 Å². The summed E-state index contributed by atoms with van der Waals surface area (Å²) in [6.45, 7) is 6.17. The van der Waals surface area contributed by atoms with Crippen molar-refractivity contribution in [1.82, 2.24) is 24.6 Å². The van der Waals surface area contributed by atoms with Crippen molar-refractivity contribution in [2.24, 2.45) is 4.99 Å². The Balaban J connectivity index is 1.30. The molecule has 5 aromatic rings. The van der Waals surface area contributed by atoms with Gasteiger partial charge in [0.2, 0.25) is 0 Å². The third kappa shape index (κ3) is 7.36. The van der Waals surface area contributed by atoms with E-state index in [4.69, 9.17) is 0 Å². The highest BCUT2D eigenvalue weighted by Crippen LogP contribution is 2.25. The largest absolute Gasteiger partial charge is 0.573 e. The first-order valence-corrected chi connectivity index (χ1v) is 14.5. The fourth-order valence-electron chi connectivity index (χ4n) is 4.50. The van der Waals surface area contributed by atoms with E-state index in [1.165, 1.54) is 52.8 Å². The molecule has 228 valence electrons. The molecule has 0 unspecified atom stereocenters. The number of carbonyl (C=O) groups is 1. The molecule has 0 aliphatic carbocycles. The monoisotopic (exact) mass is 629 g/mol. The molecule has 0 atom stereocenters. The van der Waals surface area contributed by atoms with Crippen LogP contribution in [0, 0.1) is 18.3 Å². The van der Waals surface area contributed by atoms with Gasteiger partial charge in [0.15, 0.2) is 10.6 Å². The number of rotatable bonds is 7. The summed E-state index contributed by atoms with van der Waals surface area (Å²) in [7, 11) is 0. The molecule has 0 bridgehead atoms. The molecule has 3 aromatic carbocycles. The Morgan fingerprint density at radius 3 is 2.47 bits per heavy atom. The third-order valence-electron chi connectivity index (χ3n) is 6.62. The molecular weight excluding hydrogens is 603 g/mol. The predicted molar refractivity (Wildman–Crippen MR) is 164 cm³/mol. The van der Waals surface area contributed by atoms with Crippen molar-refractivity contribution in [1.29, 1.82) is 5.26 Å². The van der Waals surface area contributed by atoms with Gasteiger partial charge in [0, 0.05) is 22.8 Å². The Morgan fingerprint density at radius 1 is 1.09 bits per heavy atom. The van der Waals surface area contributed by atoms with Crippen molar-refractivity contribution in [2.45, 2.75) is 33.1 Å². The van der Waals surface area contributed by atoms with E-state index < -0.39 is 12.4 Å². The number of thiazole rings is 1. The minimum atomic E-state index is -4.78. The zero-order chi connectivity index (χ0) is 32.1. The Hall–Kier alpha value is -5.48. The Kier molecular flexibility index (Phi) is 8.96. The van der Waals surface area contributed by atoms with Crippen LogP contribution in [0.5, 0.6) is 5.75 Å². The normalized spacial score (nSPS) is 12.3. The van der Waals surface area contributed by atoms with Crippen molar-refractivity contribution < 1.29 is 22.7 Å². The Bertz CT molecular complexity index is 1960. The molecule has 13 heteroatoms. The van der Waals surface area contributed by atoms with Crippen molar-refractivity contribution in [2.75, 3.05) is 0 Å². The number of alkyl halides is 3. The maximum Gasteiger partial charge on any atom is 0.573 e. The number of nitrogens with zero attached hydrogens (tertiary/aromatic N) is 6. The topological polar surface area (TPSA) is 110 Å². The van der Waals surface area contributed by atoms with Crippen LogP contribution in [-0.2, 0) is 0 Å². The molecule has 2 amide bonds. The highest BCUT2D eigenvalue weighted by molar-refractivity contribution is 7.07. The fourth-order valence-corrected chi connectivity index (χ4v) is 5.36. The average Bonchev–Trinajstić information content (AvgIpc) is 3.64. The number of benzene rings is 3. The lowest BCUT2D eigenvalue weighted by Crippen LogP contribution is -2.22. The van der Waals surface area contributed by atoms with Gasteiger partial charge in [-0.25, -0.2) is 14.5 Å². The number of allylic oxidation sites excluding steroid dienone is 1. The lowest BCUT2D eigenvalue weighted by atomic mass is 10.0. The summed E-state index contributed by atoms with van der Waals surface area (Å²) >= 11 is 1.35. The maximum absolute atomic E-state index is 12.8. The van der Waals surface area contributed by atoms with Crippen LogP contribution < -0.4 is 14.9 Å². The van der Waals surface area contributed by atoms with Crippen molar-refractivity contribution in [3.8, 4) is 34.6 Å². The Morgan fingerprint density at radius 2 is 1.80 bits per heavy atom. The van der Waals surface area contributed by atoms with Crippen molar-refractivity contribution in [3.05, 3.63) is 112 Å². The molecule has 45 heavy (non-hydrogen) atoms. The number of carbonyl (C=O) groups excluding carboxylic acids is 1. The second-order valence-electron chi connectivity index (χ2n) is 10.1. The van der Waals surface area contributed by atoms with Gasteiger partial charge in [-0.2, -0.15) is 10.3 Å². The first kappa shape index (κ1) is 31.0. The zero-order valence-corrected chi connectivity index (χ0v) is 25.1. The summed E-state index contributed by atoms with van der Waals surface area (Å²) in [4.78, 5) is 21.8. The molecule has 0 radical (unpaired) electrons. The Labute approximate surface area is 260 Å². The van der Waals surface area contributed by atoms with E-state index in [0.717, 1.165) is 16.9 Å². The zero-order valence-electron chi connectivity index (χ0n) is 24.3. The van der Waals surface area contributed by atoms with Crippen LogP contribution in [0.25, 0.3) is 28.3 Å². The lowest BCUT2D eigenvalue weighted by molar-refractivity contribution is -0.274. The number of para-hydroxylation sites is 1. The SMILES string of the molecule is Cc1cs/c(=N\C(=O)N/C=C(\C#N)c2ccc(-c3ncn(-c4ccc(OC(F)(F)F)cc4)n3)cc2)n1-c1ccccc1C(C)C. The van der Waals surface area contributed by atoms with E-state index >= 15 is 0 Å². The lowest BCUT2D eigenvalue weighted by Gasteiger charge is -2.14. The maximum atomic E-state index is 12.8. The molecule has 0 aliphatic heterocycles. The highest BCUT2D eigenvalue weighted by atomic mass is 32.1. The molecule has 1 N–H and O–H groups in total. The van der Waals surface area contributed by atoms with E-state index in [2.05, 4.69) is 51.1 Å². The van der Waals surface area contributed by atoms with Crippen LogP contribution >= 0.6 is 11.3 Å². The number of aryl methyl sites for hydroxylation is 1. The number of hydrogen-bond acceptors (Lipinski definition) is 6. The first-order valence-electron chi connectivity index (χ1n) is 13.6. The second-order valence-corrected chi connectivity index (χ2v) is 10.9. The fraction of sp³-hybridized carbons (Fsp3) is 0.156. The van der Waals surface area contributed by atoms with Gasteiger partial charge in [-0.1, -0.05) is 56.3 Å². The molecule has 5 rings (SSSR count). The van der Waals surface area contributed by atoms with Gasteiger partial charge >= 0.3 is 12.4 Å². The average molecular weight is 630 g/mol. The molecule has 0 spiro atoms. The number of aromatic nitrogens is 4. The first-order chi connectivity index (χ1) is 21.5. The van der Waals surface area contributed by atoms with Crippen LogP contribution in [0.1, 0.15) is 36.6 Å². The number of urea groups is 1. The summed E-state index contributed by atoms with van der Waals surface area (Å²) in [6, 6.07) is 21.5. The molecule has 2 heterocycles. The third-order valence-corrected chi connectivity index (χ3v) is 7.56. The van der Waals surface area contributed by atoms with Gasteiger partial charge in [0.25, 0.3) is 0 Å². The minimum Gasteiger partial charge on any atom is -0.406 e. The molecule has 0 saturated heterocycles. The van der Waals surface area contributed by atoms with Gasteiger partial charge in [0.1, 0.15) is 18.1 Å². The van der Waals surface area contributed by atoms with Gasteiger partial charge in [0.05, 0.1) is 16.9 Å². The molecular formula is C32H26F3N7O2S. The van der Waals surface area contributed by atoms with Crippen molar-refractivity contribution >= 4 is 22.9 Å². The standard InChI is InChI=1S/C32H26F3N7O2S/c1-20(2)27-6-4-5-7-28(27)42-21(3)18-45-31(42)39-30(43)37-17-24(16-36)22-8-10-23(11-9-22)29-38-19-41(40-29)25-12-14-26(15-13-25)44-32(33,34)35/h4-15,17-20H,1-3H3,(H,37,43)/b24-17+,39-31-. The van der Waals surface area contributed by atoms with Crippen LogP contribution in [0.3, 0.4) is 0 Å². The second kappa shape index (κ2) is 13.0. The molecule has 0 fully saturated rings. The van der Waals surface area contributed by atoms with Crippen LogP contribution in [0.2, 0.25) is 0 Å². The number of halogens is 3. The van der Waals surface area contributed by atoms with Crippen LogP contribution in [0.4, 0.5) is 18.0 Å². The summed E-state index contributed by atoms with van der Waals surface area (Å²) in [5.74, 6) is 0.299. The summed E-state index contributed by atoms with van der Waals surface area (Å²) in [5.41, 5.74) is 4.93. The van der Waals surface area contributed by atoms with E-state index in [0.29, 0.717) is 27.4 Å². The molecule has 2 aromatic heterocycles. The quantitative estimate of drug-likeness (QED) is 0.190. The number of amides is 2. The van der Waals surface area contributed by atoms with E-state index in [-0.39, 0.29) is 17.2 Å². The predicted octanol–water partition coefficient (Wildman–Crippen LogP) is 7.29. The highest BCUT2D eigenvalue weighted by Gasteiger charge is 2.31. The van der Waals surface area contributed by atoms with Crippen molar-refractivity contribution in [3.63, 3.8) is 0 Å². The molecule has 9 nitrogen and oxygen atoms in total. The number of ether oxygens (including phenoxy) is 1. The smallest absolute Gasteiger partial charge is 0.406 e. The molecule has 0 aliphatic rings. The summed E-state index contributed by atoms with van der Waals surface area (Å²) in [6.07, 6.45) is -2.03. The summed E-state index contributed by atoms with van der Waals surface area (Å²) < 4.78 is 44.5. The van der Waals surface area contributed by atoms with Gasteiger partial charge < -0.3 is 10.1 Å². The van der Waals surface area contributed by atoms with Gasteiger partial charge in [-0.15, -0.1) is 29.6 Å². The number of nitrogens with one attached hydrogen (secondary N) is 1. The van der Waals surface area contributed by atoms with Crippen LogP contribution in [-0.4, -0.2) is 31.7 Å². The number of hydrogen-bond donors (Lipinski definition) is 1. The van der Waals surface area contributed by atoms with E-state index in [1.54, 1.807) is 24.3 Å². The number of nitriles is 1. The minimum absolute atomic E-state index is 0.213.